The number of ether oxygens (including phenoxy) is 1. The average Bonchev–Trinajstić information content (AvgIpc) is 3.28. The van der Waals surface area contributed by atoms with Crippen LogP contribution in [0.2, 0.25) is 0 Å². The van der Waals surface area contributed by atoms with Gasteiger partial charge in [-0.3, -0.25) is 0 Å². The second-order valence-corrected chi connectivity index (χ2v) is 6.84. The molecule has 0 spiro atoms. The van der Waals surface area contributed by atoms with Gasteiger partial charge < -0.3 is 20.1 Å². The summed E-state index contributed by atoms with van der Waals surface area (Å²) in [6.07, 6.45) is 8.78. The number of carbonyl (C=O) groups is 1. The lowest BCUT2D eigenvalue weighted by Gasteiger charge is -2.23. The van der Waals surface area contributed by atoms with Gasteiger partial charge in [0.15, 0.2) is 0 Å². The number of unbranched alkanes of at least 4 members (excludes halogenated alkanes) is 1. The van der Waals surface area contributed by atoms with Crippen molar-refractivity contribution in [1.29, 1.82) is 0 Å². The lowest BCUT2D eigenvalue weighted by molar-refractivity contribution is 0.203. The van der Waals surface area contributed by atoms with Crippen molar-refractivity contribution >= 4 is 11.7 Å². The van der Waals surface area contributed by atoms with E-state index >= 15 is 0 Å². The van der Waals surface area contributed by atoms with Crippen LogP contribution in [0.4, 0.5) is 10.5 Å². The average molecular weight is 332 g/mol. The number of aliphatic hydroxyl groups is 1. The third kappa shape index (κ3) is 4.87. The Morgan fingerprint density at radius 2 is 2.00 bits per heavy atom. The maximum absolute atomic E-state index is 12.6. The van der Waals surface area contributed by atoms with E-state index in [0.29, 0.717) is 18.7 Å². The first kappa shape index (κ1) is 17.1. The van der Waals surface area contributed by atoms with Gasteiger partial charge in [0.2, 0.25) is 0 Å². The Bertz CT molecular complexity index is 539. The van der Waals surface area contributed by atoms with Gasteiger partial charge in [-0.25, -0.2) is 4.79 Å². The molecule has 2 aliphatic rings. The first-order valence-corrected chi connectivity index (χ1v) is 9.21. The van der Waals surface area contributed by atoms with Crippen molar-refractivity contribution in [3.8, 4) is 5.75 Å². The van der Waals surface area contributed by atoms with E-state index in [9.17, 15) is 4.79 Å². The van der Waals surface area contributed by atoms with Crippen LogP contribution in [-0.4, -0.2) is 41.3 Å². The fourth-order valence-electron chi connectivity index (χ4n) is 3.27. The molecule has 2 saturated carbocycles. The van der Waals surface area contributed by atoms with Gasteiger partial charge in [0.25, 0.3) is 0 Å². The molecule has 0 aromatic heterocycles. The monoisotopic (exact) mass is 332 g/mol. The Labute approximate surface area is 144 Å². The van der Waals surface area contributed by atoms with Crippen molar-refractivity contribution in [2.75, 3.05) is 18.5 Å². The molecule has 0 radical (unpaired) electrons. The van der Waals surface area contributed by atoms with Crippen molar-refractivity contribution in [2.45, 2.75) is 63.5 Å². The van der Waals surface area contributed by atoms with E-state index in [0.717, 1.165) is 50.0 Å². The van der Waals surface area contributed by atoms with Gasteiger partial charge in [-0.2, -0.15) is 0 Å². The van der Waals surface area contributed by atoms with Crippen LogP contribution in [0.1, 0.15) is 51.4 Å². The topological polar surface area (TPSA) is 61.8 Å². The highest BCUT2D eigenvalue weighted by Crippen LogP contribution is 2.29. The summed E-state index contributed by atoms with van der Waals surface area (Å²) in [6, 6.07) is 8.00. The van der Waals surface area contributed by atoms with Crippen molar-refractivity contribution in [1.82, 2.24) is 4.90 Å². The fraction of sp³-hybridized carbons (Fsp3) is 0.632. The van der Waals surface area contributed by atoms with Crippen molar-refractivity contribution in [3.05, 3.63) is 24.3 Å². The van der Waals surface area contributed by atoms with Crippen LogP contribution >= 0.6 is 0 Å². The molecule has 24 heavy (non-hydrogen) atoms. The van der Waals surface area contributed by atoms with E-state index in [4.69, 9.17) is 9.84 Å². The number of rotatable bonds is 8. The molecule has 5 nitrogen and oxygen atoms in total. The first-order chi connectivity index (χ1) is 11.8. The lowest BCUT2D eigenvalue weighted by atomic mass is 10.2. The van der Waals surface area contributed by atoms with Crippen LogP contribution in [0.25, 0.3) is 0 Å². The summed E-state index contributed by atoms with van der Waals surface area (Å²) in [5.74, 6) is 0.831. The highest BCUT2D eigenvalue weighted by Gasteiger charge is 2.32. The summed E-state index contributed by atoms with van der Waals surface area (Å²) in [5.41, 5.74) is 0.781. The van der Waals surface area contributed by atoms with E-state index in [1.54, 1.807) is 0 Å². The zero-order chi connectivity index (χ0) is 16.8. The molecule has 0 atom stereocenters. The Kier molecular flexibility index (Phi) is 5.96. The summed E-state index contributed by atoms with van der Waals surface area (Å²) in [6.45, 7) is 0.885. The standard InChI is InChI=1S/C19H28N2O3/c22-13-4-3-12-21(16-10-11-16)19(23)20-15-6-5-9-18(14-15)24-17-7-1-2-8-17/h5-6,9,14,16-17,22H,1-4,7-8,10-13H2,(H,20,23). The smallest absolute Gasteiger partial charge is 0.322 e. The molecule has 5 heteroatoms. The number of aliphatic hydroxyl groups excluding tert-OH is 1. The molecule has 1 aromatic carbocycles. The van der Waals surface area contributed by atoms with E-state index in [1.165, 1.54) is 12.8 Å². The SMILES string of the molecule is O=C(Nc1cccc(OC2CCCC2)c1)N(CCCCO)C1CC1. The lowest BCUT2D eigenvalue weighted by Crippen LogP contribution is -2.37. The number of nitrogens with one attached hydrogen (secondary N) is 1. The molecule has 3 rings (SSSR count). The summed E-state index contributed by atoms with van der Waals surface area (Å²) in [4.78, 5) is 14.5. The van der Waals surface area contributed by atoms with Gasteiger partial charge >= 0.3 is 6.03 Å². The third-order valence-electron chi connectivity index (χ3n) is 4.75. The van der Waals surface area contributed by atoms with Crippen molar-refractivity contribution < 1.29 is 14.6 Å². The largest absolute Gasteiger partial charge is 0.490 e. The number of nitrogens with zero attached hydrogens (tertiary/aromatic N) is 1. The molecule has 0 unspecified atom stereocenters. The molecule has 0 bridgehead atoms. The van der Waals surface area contributed by atoms with E-state index in [2.05, 4.69) is 5.32 Å². The summed E-state index contributed by atoms with van der Waals surface area (Å²) >= 11 is 0. The molecule has 2 N–H and O–H groups in total. The van der Waals surface area contributed by atoms with Gasteiger partial charge in [-0.1, -0.05) is 6.07 Å². The molecule has 2 amide bonds. The molecule has 0 aliphatic heterocycles. The summed E-state index contributed by atoms with van der Waals surface area (Å²) in [7, 11) is 0. The minimum atomic E-state index is -0.0477. The van der Waals surface area contributed by atoms with E-state index in [-0.39, 0.29) is 12.6 Å². The van der Waals surface area contributed by atoms with E-state index < -0.39 is 0 Å². The van der Waals surface area contributed by atoms with Crippen LogP contribution in [0.15, 0.2) is 24.3 Å². The zero-order valence-electron chi connectivity index (χ0n) is 14.2. The quantitative estimate of drug-likeness (QED) is 0.712. The number of carbonyl (C=O) groups excluding carboxylic acids is 1. The zero-order valence-corrected chi connectivity index (χ0v) is 14.2. The van der Waals surface area contributed by atoms with Crippen LogP contribution < -0.4 is 10.1 Å². The Hall–Kier alpha value is -1.75. The number of hydrogen-bond donors (Lipinski definition) is 2. The number of hydrogen-bond acceptors (Lipinski definition) is 3. The Morgan fingerprint density at radius 3 is 2.71 bits per heavy atom. The van der Waals surface area contributed by atoms with Crippen molar-refractivity contribution in [3.63, 3.8) is 0 Å². The summed E-state index contributed by atoms with van der Waals surface area (Å²) < 4.78 is 6.00. The van der Waals surface area contributed by atoms with Gasteiger partial charge in [0.05, 0.1) is 6.10 Å². The van der Waals surface area contributed by atoms with Crippen molar-refractivity contribution in [2.24, 2.45) is 0 Å². The highest BCUT2D eigenvalue weighted by molar-refractivity contribution is 5.90. The Morgan fingerprint density at radius 1 is 1.21 bits per heavy atom. The van der Waals surface area contributed by atoms with Crippen LogP contribution in [0.5, 0.6) is 5.75 Å². The summed E-state index contributed by atoms with van der Waals surface area (Å²) in [5, 5.41) is 11.9. The maximum Gasteiger partial charge on any atom is 0.322 e. The molecule has 0 saturated heterocycles. The highest BCUT2D eigenvalue weighted by atomic mass is 16.5. The molecule has 2 aliphatic carbocycles. The normalized spacial score (nSPS) is 17.7. The Balaban J connectivity index is 1.56. The second-order valence-electron chi connectivity index (χ2n) is 6.84. The third-order valence-corrected chi connectivity index (χ3v) is 4.75. The maximum atomic E-state index is 12.6. The number of amides is 2. The molecule has 1 aromatic rings. The van der Waals surface area contributed by atoms with Gasteiger partial charge in [0.1, 0.15) is 5.75 Å². The fourth-order valence-corrected chi connectivity index (χ4v) is 3.27. The minimum absolute atomic E-state index is 0.0477. The first-order valence-electron chi connectivity index (χ1n) is 9.21. The molecule has 2 fully saturated rings. The van der Waals surface area contributed by atoms with Crippen LogP contribution in [0, 0.1) is 0 Å². The molecular formula is C19H28N2O3. The van der Waals surface area contributed by atoms with E-state index in [1.807, 2.05) is 29.2 Å². The molecular weight excluding hydrogens is 304 g/mol. The van der Waals surface area contributed by atoms with Crippen LogP contribution in [-0.2, 0) is 0 Å². The molecule has 132 valence electrons. The minimum Gasteiger partial charge on any atom is -0.490 e. The predicted octanol–water partition coefficient (Wildman–Crippen LogP) is 3.78. The van der Waals surface area contributed by atoms with Gasteiger partial charge in [-0.15, -0.1) is 0 Å². The number of urea groups is 1. The van der Waals surface area contributed by atoms with Gasteiger partial charge in [-0.05, 0) is 63.5 Å². The van der Waals surface area contributed by atoms with Crippen LogP contribution in [0.3, 0.4) is 0 Å². The second kappa shape index (κ2) is 8.38. The number of anilines is 1. The number of benzene rings is 1. The van der Waals surface area contributed by atoms with Gasteiger partial charge in [0, 0.05) is 30.9 Å². The molecule has 0 heterocycles. The predicted molar refractivity (Wildman–Crippen MR) is 94.4 cm³/mol.